The molecule has 3 aromatic carbocycles. The summed E-state index contributed by atoms with van der Waals surface area (Å²) < 4.78 is 0. The van der Waals surface area contributed by atoms with Crippen LogP contribution in [0, 0.1) is 0 Å². The first-order valence-electron chi connectivity index (χ1n) is 9.92. The topological polar surface area (TPSA) is 20.2 Å². The monoisotopic (exact) mass is 368 g/mol. The van der Waals surface area contributed by atoms with Crippen molar-refractivity contribution in [2.75, 3.05) is 0 Å². The van der Waals surface area contributed by atoms with Crippen molar-refractivity contribution in [1.29, 1.82) is 0 Å². The molecule has 28 heavy (non-hydrogen) atoms. The summed E-state index contributed by atoms with van der Waals surface area (Å²) in [4.78, 5) is 0. The molecule has 0 atom stereocenters. The fourth-order valence-electron chi connectivity index (χ4n) is 3.45. The number of hydrogen-bond acceptors (Lipinski definition) is 1. The Morgan fingerprint density at radius 1 is 0.643 bits per heavy atom. The standard InChI is InChI=1S/C27H28O/c28-27(22-25-17-9-4-10-18-25,23-26-19-11-5-12-20-26)21-13-2-1-6-14-24-15-7-3-8-16-24/h1-12,14-20,28H,13,21-23H2/b2-1-,14-6+. The molecule has 0 aromatic heterocycles. The van der Waals surface area contributed by atoms with Gasteiger partial charge in [0.1, 0.15) is 0 Å². The first kappa shape index (κ1) is 19.9. The number of aliphatic hydroxyl groups is 1. The van der Waals surface area contributed by atoms with Crippen molar-refractivity contribution in [2.24, 2.45) is 0 Å². The Hall–Kier alpha value is -2.90. The van der Waals surface area contributed by atoms with Gasteiger partial charge in [0.15, 0.2) is 0 Å². The molecule has 0 heterocycles. The molecule has 0 bridgehead atoms. The average Bonchev–Trinajstić information content (AvgIpc) is 2.73. The molecule has 142 valence electrons. The molecule has 1 N–H and O–H groups in total. The highest BCUT2D eigenvalue weighted by Crippen LogP contribution is 2.24. The SMILES string of the molecule is OC(CC/C=C\C=C\c1ccccc1)(Cc1ccccc1)Cc1ccccc1. The minimum atomic E-state index is -0.754. The van der Waals surface area contributed by atoms with Crippen molar-refractivity contribution in [2.45, 2.75) is 31.3 Å². The summed E-state index contributed by atoms with van der Waals surface area (Å²) in [7, 11) is 0. The maximum atomic E-state index is 11.4. The van der Waals surface area contributed by atoms with Gasteiger partial charge in [0, 0.05) is 12.8 Å². The maximum Gasteiger partial charge on any atom is 0.0731 e. The van der Waals surface area contributed by atoms with E-state index in [4.69, 9.17) is 0 Å². The normalized spacial score (nSPS) is 12.0. The zero-order valence-corrected chi connectivity index (χ0v) is 16.2. The maximum absolute atomic E-state index is 11.4. The molecule has 0 aliphatic rings. The minimum Gasteiger partial charge on any atom is -0.389 e. The quantitative estimate of drug-likeness (QED) is 0.442. The van der Waals surface area contributed by atoms with Crippen LogP contribution >= 0.6 is 0 Å². The van der Waals surface area contributed by atoms with E-state index < -0.39 is 5.60 Å². The smallest absolute Gasteiger partial charge is 0.0731 e. The second-order valence-electron chi connectivity index (χ2n) is 7.29. The number of benzene rings is 3. The Kier molecular flexibility index (Phi) is 7.40. The van der Waals surface area contributed by atoms with E-state index in [-0.39, 0.29) is 0 Å². The lowest BCUT2D eigenvalue weighted by molar-refractivity contribution is 0.0329. The number of hydrogen-bond donors (Lipinski definition) is 1. The molecule has 0 aliphatic heterocycles. The van der Waals surface area contributed by atoms with E-state index in [1.165, 1.54) is 16.7 Å². The molecule has 0 radical (unpaired) electrons. The summed E-state index contributed by atoms with van der Waals surface area (Å²) in [5.74, 6) is 0. The Labute approximate surface area is 168 Å². The molecular weight excluding hydrogens is 340 g/mol. The van der Waals surface area contributed by atoms with Crippen LogP contribution in [0.4, 0.5) is 0 Å². The van der Waals surface area contributed by atoms with Crippen LogP contribution in [0.15, 0.2) is 109 Å². The Morgan fingerprint density at radius 2 is 1.14 bits per heavy atom. The fourth-order valence-corrected chi connectivity index (χ4v) is 3.45. The molecule has 1 nitrogen and oxygen atoms in total. The predicted molar refractivity (Wildman–Crippen MR) is 119 cm³/mol. The Morgan fingerprint density at radius 3 is 1.68 bits per heavy atom. The lowest BCUT2D eigenvalue weighted by Gasteiger charge is -2.28. The van der Waals surface area contributed by atoms with E-state index in [2.05, 4.69) is 60.7 Å². The van der Waals surface area contributed by atoms with Crippen LogP contribution in [0.3, 0.4) is 0 Å². The Bertz CT molecular complexity index is 822. The number of allylic oxidation sites excluding steroid dienone is 3. The van der Waals surface area contributed by atoms with Crippen LogP contribution in [-0.4, -0.2) is 10.7 Å². The summed E-state index contributed by atoms with van der Waals surface area (Å²) in [6.45, 7) is 0. The third kappa shape index (κ3) is 6.68. The van der Waals surface area contributed by atoms with Crippen LogP contribution < -0.4 is 0 Å². The van der Waals surface area contributed by atoms with Crippen molar-refractivity contribution in [1.82, 2.24) is 0 Å². The summed E-state index contributed by atoms with van der Waals surface area (Å²) in [6, 6.07) is 30.8. The number of rotatable bonds is 9. The third-order valence-electron chi connectivity index (χ3n) is 4.86. The molecule has 0 spiro atoms. The molecule has 0 saturated heterocycles. The molecule has 3 rings (SSSR count). The van der Waals surface area contributed by atoms with Crippen molar-refractivity contribution in [3.63, 3.8) is 0 Å². The highest BCUT2D eigenvalue weighted by Gasteiger charge is 2.26. The lowest BCUT2D eigenvalue weighted by atomic mass is 9.84. The van der Waals surface area contributed by atoms with Crippen molar-refractivity contribution in [3.05, 3.63) is 126 Å². The average molecular weight is 369 g/mol. The molecule has 3 aromatic rings. The van der Waals surface area contributed by atoms with Gasteiger partial charge < -0.3 is 5.11 Å². The van der Waals surface area contributed by atoms with Gasteiger partial charge in [0.2, 0.25) is 0 Å². The Balaban J connectivity index is 1.61. The van der Waals surface area contributed by atoms with E-state index >= 15 is 0 Å². The first-order chi connectivity index (χ1) is 13.7. The van der Waals surface area contributed by atoms with Crippen LogP contribution in [-0.2, 0) is 12.8 Å². The second-order valence-corrected chi connectivity index (χ2v) is 7.29. The van der Waals surface area contributed by atoms with Crippen LogP contribution in [0.2, 0.25) is 0 Å². The molecule has 0 saturated carbocycles. The largest absolute Gasteiger partial charge is 0.389 e. The van der Waals surface area contributed by atoms with Gasteiger partial charge >= 0.3 is 0 Å². The van der Waals surface area contributed by atoms with Gasteiger partial charge in [-0.15, -0.1) is 0 Å². The molecule has 1 heteroatoms. The summed E-state index contributed by atoms with van der Waals surface area (Å²) in [5.41, 5.74) is 2.79. The van der Waals surface area contributed by atoms with Crippen molar-refractivity contribution in [3.8, 4) is 0 Å². The van der Waals surface area contributed by atoms with Gasteiger partial charge in [-0.2, -0.15) is 0 Å². The van der Waals surface area contributed by atoms with Crippen LogP contribution in [0.25, 0.3) is 6.08 Å². The van der Waals surface area contributed by atoms with E-state index in [1.807, 2.05) is 54.6 Å². The van der Waals surface area contributed by atoms with Crippen LogP contribution in [0.1, 0.15) is 29.5 Å². The van der Waals surface area contributed by atoms with E-state index in [0.717, 1.165) is 12.8 Å². The second kappa shape index (κ2) is 10.4. The zero-order valence-electron chi connectivity index (χ0n) is 16.2. The van der Waals surface area contributed by atoms with Gasteiger partial charge in [0.25, 0.3) is 0 Å². The van der Waals surface area contributed by atoms with Crippen molar-refractivity contribution < 1.29 is 5.11 Å². The molecule has 0 aliphatic carbocycles. The summed E-state index contributed by atoms with van der Waals surface area (Å²) >= 11 is 0. The molecule has 0 unspecified atom stereocenters. The van der Waals surface area contributed by atoms with Gasteiger partial charge in [0.05, 0.1) is 5.60 Å². The third-order valence-corrected chi connectivity index (χ3v) is 4.86. The predicted octanol–water partition coefficient (Wildman–Crippen LogP) is 6.25. The van der Waals surface area contributed by atoms with Crippen molar-refractivity contribution >= 4 is 6.08 Å². The fraction of sp³-hybridized carbons (Fsp3) is 0.185. The zero-order chi connectivity index (χ0) is 19.5. The van der Waals surface area contributed by atoms with Gasteiger partial charge in [-0.3, -0.25) is 0 Å². The lowest BCUT2D eigenvalue weighted by Crippen LogP contribution is -2.34. The van der Waals surface area contributed by atoms with Gasteiger partial charge in [-0.25, -0.2) is 0 Å². The van der Waals surface area contributed by atoms with Crippen LogP contribution in [0.5, 0.6) is 0 Å². The highest BCUT2D eigenvalue weighted by atomic mass is 16.3. The van der Waals surface area contributed by atoms with E-state index in [9.17, 15) is 5.11 Å². The summed E-state index contributed by atoms with van der Waals surface area (Å²) in [6.07, 6.45) is 11.3. The molecule has 0 fully saturated rings. The van der Waals surface area contributed by atoms with E-state index in [0.29, 0.717) is 12.8 Å². The minimum absolute atomic E-state index is 0.663. The first-order valence-corrected chi connectivity index (χ1v) is 9.92. The van der Waals surface area contributed by atoms with E-state index in [1.54, 1.807) is 0 Å². The van der Waals surface area contributed by atoms with Gasteiger partial charge in [-0.05, 0) is 29.5 Å². The molecule has 0 amide bonds. The van der Waals surface area contributed by atoms with Gasteiger partial charge in [-0.1, -0.05) is 115 Å². The highest BCUT2D eigenvalue weighted by molar-refractivity contribution is 5.50. The molecular formula is C27H28O. The summed E-state index contributed by atoms with van der Waals surface area (Å²) in [5, 5.41) is 11.4.